The highest BCUT2D eigenvalue weighted by molar-refractivity contribution is 9.10. The van der Waals surface area contributed by atoms with Crippen molar-refractivity contribution in [3.8, 4) is 0 Å². The zero-order valence-corrected chi connectivity index (χ0v) is 11.5. The minimum atomic E-state index is -1.46. The molecular formula is C10H10BrN3O6. The fraction of sp³-hybridized carbons (Fsp3) is 0.200. The third-order valence-corrected chi connectivity index (χ3v) is 2.86. The molecule has 1 atom stereocenters. The summed E-state index contributed by atoms with van der Waals surface area (Å²) in [4.78, 5) is 32.2. The molecule has 1 rings (SSSR count). The number of aliphatic hydroxyl groups excluding tert-OH is 1. The number of benzene rings is 1. The Kier molecular flexibility index (Phi) is 5.41. The summed E-state index contributed by atoms with van der Waals surface area (Å²) >= 11 is 2.99. The molecule has 1 aromatic carbocycles. The molecule has 0 saturated carbocycles. The first-order chi connectivity index (χ1) is 9.35. The summed E-state index contributed by atoms with van der Waals surface area (Å²) in [7, 11) is 0. The number of nitro groups is 1. The second-order valence-corrected chi connectivity index (χ2v) is 4.45. The smallest absolute Gasteiger partial charge is 0.328 e. The predicted molar refractivity (Wildman–Crippen MR) is 71.5 cm³/mol. The first-order valence-corrected chi connectivity index (χ1v) is 5.99. The van der Waals surface area contributed by atoms with Gasteiger partial charge in [-0.1, -0.05) is 0 Å². The van der Waals surface area contributed by atoms with Crippen LogP contribution in [-0.4, -0.2) is 39.8 Å². The number of anilines is 1. The van der Waals surface area contributed by atoms with E-state index in [0.717, 1.165) is 6.07 Å². The maximum atomic E-state index is 11.5. The zero-order chi connectivity index (χ0) is 15.3. The highest BCUT2D eigenvalue weighted by atomic mass is 79.9. The van der Waals surface area contributed by atoms with E-state index >= 15 is 0 Å². The number of halogens is 1. The summed E-state index contributed by atoms with van der Waals surface area (Å²) < 4.78 is 0.243. The lowest BCUT2D eigenvalue weighted by Crippen LogP contribution is -2.45. The molecule has 4 N–H and O–H groups in total. The Hall–Kier alpha value is -2.20. The van der Waals surface area contributed by atoms with E-state index < -0.39 is 29.6 Å². The Morgan fingerprint density at radius 3 is 2.60 bits per heavy atom. The number of hydrogen-bond donors (Lipinski definition) is 4. The average Bonchev–Trinajstić information content (AvgIpc) is 2.37. The third-order valence-electron chi connectivity index (χ3n) is 2.19. The summed E-state index contributed by atoms with van der Waals surface area (Å²) in [6.07, 6.45) is 0. The van der Waals surface area contributed by atoms with Gasteiger partial charge in [-0.15, -0.1) is 0 Å². The van der Waals surface area contributed by atoms with Crippen molar-refractivity contribution in [2.24, 2.45) is 0 Å². The van der Waals surface area contributed by atoms with Gasteiger partial charge in [-0.05, 0) is 28.1 Å². The van der Waals surface area contributed by atoms with Crippen LogP contribution in [0, 0.1) is 10.1 Å². The van der Waals surface area contributed by atoms with Gasteiger partial charge in [0.15, 0.2) is 6.04 Å². The number of nitrogens with one attached hydrogen (secondary N) is 2. The molecule has 0 unspecified atom stereocenters. The van der Waals surface area contributed by atoms with Crippen molar-refractivity contribution < 1.29 is 24.7 Å². The van der Waals surface area contributed by atoms with Crippen molar-refractivity contribution in [1.82, 2.24) is 5.32 Å². The van der Waals surface area contributed by atoms with E-state index in [1.807, 2.05) is 5.32 Å². The van der Waals surface area contributed by atoms with Gasteiger partial charge in [0.05, 0.1) is 16.0 Å². The minimum Gasteiger partial charge on any atom is -0.480 e. The van der Waals surface area contributed by atoms with Crippen molar-refractivity contribution in [3.63, 3.8) is 0 Å². The Bertz CT molecular complexity index is 550. The number of carbonyl (C=O) groups excluding carboxylic acids is 1. The molecule has 20 heavy (non-hydrogen) atoms. The monoisotopic (exact) mass is 347 g/mol. The molecule has 0 radical (unpaired) electrons. The van der Waals surface area contributed by atoms with Crippen LogP contribution in [0.25, 0.3) is 0 Å². The molecule has 0 saturated heterocycles. The van der Waals surface area contributed by atoms with E-state index in [-0.39, 0.29) is 15.8 Å². The number of rotatable bonds is 5. The Morgan fingerprint density at radius 2 is 2.10 bits per heavy atom. The Labute approximate surface area is 120 Å². The molecule has 0 bridgehead atoms. The van der Waals surface area contributed by atoms with Crippen LogP contribution < -0.4 is 10.6 Å². The average molecular weight is 348 g/mol. The topological polar surface area (TPSA) is 142 Å². The number of carboxylic acid groups (broad SMARTS) is 1. The second kappa shape index (κ2) is 6.82. The summed E-state index contributed by atoms with van der Waals surface area (Å²) in [6.45, 7) is -0.775. The van der Waals surface area contributed by atoms with Crippen LogP contribution in [0.1, 0.15) is 0 Å². The standard InChI is InChI=1S/C10H10BrN3O6/c11-6-2-1-5(3-8(6)14(19)20)12-10(18)13-7(4-15)9(16)17/h1-3,7,15H,4H2,(H,16,17)(H2,12,13,18)/t7-/m0/s1. The first-order valence-electron chi connectivity index (χ1n) is 5.20. The van der Waals surface area contributed by atoms with Gasteiger partial charge in [0.25, 0.3) is 5.69 Å². The van der Waals surface area contributed by atoms with E-state index in [0.29, 0.717) is 0 Å². The van der Waals surface area contributed by atoms with Crippen LogP contribution in [0.5, 0.6) is 0 Å². The molecule has 0 aliphatic rings. The fourth-order valence-corrected chi connectivity index (χ4v) is 1.63. The number of nitro benzene ring substituents is 1. The van der Waals surface area contributed by atoms with Gasteiger partial charge < -0.3 is 20.8 Å². The van der Waals surface area contributed by atoms with Crippen LogP contribution >= 0.6 is 15.9 Å². The molecule has 9 nitrogen and oxygen atoms in total. The molecule has 0 aliphatic heterocycles. The molecule has 0 aliphatic carbocycles. The van der Waals surface area contributed by atoms with Crippen LogP contribution in [0.4, 0.5) is 16.2 Å². The second-order valence-electron chi connectivity index (χ2n) is 3.60. The summed E-state index contributed by atoms with van der Waals surface area (Å²) in [6, 6.07) is 1.52. The lowest BCUT2D eigenvalue weighted by molar-refractivity contribution is -0.385. The molecular weight excluding hydrogens is 338 g/mol. The van der Waals surface area contributed by atoms with E-state index in [1.165, 1.54) is 12.1 Å². The van der Waals surface area contributed by atoms with Crippen molar-refractivity contribution in [2.45, 2.75) is 6.04 Å². The lowest BCUT2D eigenvalue weighted by atomic mass is 10.3. The van der Waals surface area contributed by atoms with Crippen LogP contribution in [0.3, 0.4) is 0 Å². The lowest BCUT2D eigenvalue weighted by Gasteiger charge is -2.12. The molecule has 108 valence electrons. The van der Waals surface area contributed by atoms with Crippen molar-refractivity contribution >= 4 is 39.3 Å². The zero-order valence-electron chi connectivity index (χ0n) is 9.87. The number of hydrogen-bond acceptors (Lipinski definition) is 5. The first kappa shape index (κ1) is 15.9. The molecule has 0 fully saturated rings. The Balaban J connectivity index is 2.78. The molecule has 1 aromatic rings. The highest BCUT2D eigenvalue weighted by Gasteiger charge is 2.19. The van der Waals surface area contributed by atoms with E-state index in [1.54, 1.807) is 0 Å². The maximum absolute atomic E-state index is 11.5. The van der Waals surface area contributed by atoms with Gasteiger partial charge in [-0.3, -0.25) is 10.1 Å². The number of urea groups is 1. The summed E-state index contributed by atoms with van der Waals surface area (Å²) in [5, 5.41) is 32.3. The summed E-state index contributed by atoms with van der Waals surface area (Å²) in [5.41, 5.74) is -0.140. The van der Waals surface area contributed by atoms with Crippen LogP contribution in [0.15, 0.2) is 22.7 Å². The van der Waals surface area contributed by atoms with Gasteiger partial charge in [0, 0.05) is 11.8 Å². The fourth-order valence-electron chi connectivity index (χ4n) is 1.24. The Morgan fingerprint density at radius 1 is 1.45 bits per heavy atom. The SMILES string of the molecule is O=C(Nc1ccc(Br)c([N+](=O)[O-])c1)N[C@@H](CO)C(=O)O. The summed E-state index contributed by atoms with van der Waals surface area (Å²) in [5.74, 6) is -1.40. The number of carbonyl (C=O) groups is 2. The van der Waals surface area contributed by atoms with Crippen LogP contribution in [0.2, 0.25) is 0 Å². The van der Waals surface area contributed by atoms with Crippen molar-refractivity contribution in [1.29, 1.82) is 0 Å². The van der Waals surface area contributed by atoms with E-state index in [4.69, 9.17) is 10.2 Å². The normalized spacial score (nSPS) is 11.5. The molecule has 0 spiro atoms. The van der Waals surface area contributed by atoms with E-state index in [9.17, 15) is 19.7 Å². The van der Waals surface area contributed by atoms with Gasteiger partial charge >= 0.3 is 12.0 Å². The minimum absolute atomic E-state index is 0.111. The largest absolute Gasteiger partial charge is 0.480 e. The van der Waals surface area contributed by atoms with Gasteiger partial charge in [0.2, 0.25) is 0 Å². The van der Waals surface area contributed by atoms with Crippen LogP contribution in [-0.2, 0) is 4.79 Å². The van der Waals surface area contributed by atoms with Gasteiger partial charge in [-0.25, -0.2) is 9.59 Å². The maximum Gasteiger partial charge on any atom is 0.328 e. The third kappa shape index (κ3) is 4.17. The molecule has 10 heteroatoms. The molecule has 2 amide bonds. The van der Waals surface area contributed by atoms with E-state index in [2.05, 4.69) is 21.2 Å². The number of nitrogens with zero attached hydrogens (tertiary/aromatic N) is 1. The van der Waals surface area contributed by atoms with Gasteiger partial charge in [0.1, 0.15) is 0 Å². The number of aliphatic carboxylic acids is 1. The number of aliphatic hydroxyl groups is 1. The quantitative estimate of drug-likeness (QED) is 0.461. The molecule has 0 aromatic heterocycles. The van der Waals surface area contributed by atoms with Crippen molar-refractivity contribution in [3.05, 3.63) is 32.8 Å². The van der Waals surface area contributed by atoms with Crippen molar-refractivity contribution in [2.75, 3.05) is 11.9 Å². The predicted octanol–water partition coefficient (Wildman–Crippen LogP) is 0.924. The number of amides is 2. The molecule has 0 heterocycles. The number of carboxylic acids is 1. The highest BCUT2D eigenvalue weighted by Crippen LogP contribution is 2.27. The van der Waals surface area contributed by atoms with Gasteiger partial charge in [-0.2, -0.15) is 0 Å².